The van der Waals surface area contributed by atoms with E-state index in [1.165, 1.54) is 12.5 Å². The van der Waals surface area contributed by atoms with Gasteiger partial charge in [0.05, 0.1) is 6.26 Å². The Labute approximate surface area is 131 Å². The molecule has 0 aliphatic rings. The van der Waals surface area contributed by atoms with E-state index in [2.05, 4.69) is 15.5 Å². The van der Waals surface area contributed by atoms with Crippen molar-refractivity contribution < 1.29 is 8.83 Å². The molecule has 0 aliphatic heterocycles. The molecular weight excluding hydrogens is 294 g/mol. The SMILES string of the molecule is N#CC(C#N)=CNc1ccc(-c2nnc(-c3ccco3)o2)cc1. The molecule has 1 N–H and O–H groups in total. The van der Waals surface area contributed by atoms with Gasteiger partial charge in [-0.15, -0.1) is 10.2 Å². The Hall–Kier alpha value is -3.84. The van der Waals surface area contributed by atoms with Crippen molar-refractivity contribution in [1.29, 1.82) is 10.5 Å². The monoisotopic (exact) mass is 303 g/mol. The second-order valence-corrected chi connectivity index (χ2v) is 4.39. The number of aromatic nitrogens is 2. The number of furan rings is 1. The Bertz CT molecular complexity index is 893. The van der Waals surface area contributed by atoms with Crippen LogP contribution in [0, 0.1) is 22.7 Å². The molecule has 7 nitrogen and oxygen atoms in total. The standard InChI is InChI=1S/C16H9N5O2/c17-8-11(9-18)10-19-13-5-3-12(4-6-13)15-20-21-16(23-15)14-2-1-7-22-14/h1-7,10,19H. The van der Waals surface area contributed by atoms with Gasteiger partial charge in [-0.2, -0.15) is 10.5 Å². The molecule has 0 fully saturated rings. The summed E-state index contributed by atoms with van der Waals surface area (Å²) in [6, 6.07) is 14.1. The van der Waals surface area contributed by atoms with Crippen LogP contribution in [0.4, 0.5) is 5.69 Å². The van der Waals surface area contributed by atoms with E-state index in [-0.39, 0.29) is 5.57 Å². The van der Waals surface area contributed by atoms with Gasteiger partial charge >= 0.3 is 0 Å². The molecule has 0 saturated heterocycles. The average molecular weight is 303 g/mol. The smallest absolute Gasteiger partial charge is 0.283 e. The maximum absolute atomic E-state index is 8.66. The van der Waals surface area contributed by atoms with Crippen LogP contribution in [0.2, 0.25) is 0 Å². The number of nitriles is 2. The Morgan fingerprint density at radius 3 is 2.43 bits per heavy atom. The molecule has 0 atom stereocenters. The van der Waals surface area contributed by atoms with Gasteiger partial charge in [-0.3, -0.25) is 0 Å². The highest BCUT2D eigenvalue weighted by molar-refractivity contribution is 5.60. The van der Waals surface area contributed by atoms with Gasteiger partial charge in [0.15, 0.2) is 5.76 Å². The van der Waals surface area contributed by atoms with Crippen molar-refractivity contribution in [2.24, 2.45) is 0 Å². The molecule has 0 aliphatic carbocycles. The minimum absolute atomic E-state index is 0.00549. The molecule has 0 bridgehead atoms. The second-order valence-electron chi connectivity index (χ2n) is 4.39. The van der Waals surface area contributed by atoms with Crippen LogP contribution in [0.1, 0.15) is 0 Å². The zero-order valence-corrected chi connectivity index (χ0v) is 11.7. The zero-order valence-electron chi connectivity index (χ0n) is 11.7. The summed E-state index contributed by atoms with van der Waals surface area (Å²) in [7, 11) is 0. The lowest BCUT2D eigenvalue weighted by Gasteiger charge is -2.01. The third kappa shape index (κ3) is 3.09. The first-order valence-corrected chi connectivity index (χ1v) is 6.55. The third-order valence-electron chi connectivity index (χ3n) is 2.91. The molecule has 0 radical (unpaired) electrons. The lowest BCUT2D eigenvalue weighted by molar-refractivity contribution is 0.523. The highest BCUT2D eigenvalue weighted by Gasteiger charge is 2.12. The first kappa shape index (κ1) is 14.1. The summed E-state index contributed by atoms with van der Waals surface area (Å²) in [5, 5.41) is 28.1. The molecule has 3 aromatic rings. The van der Waals surface area contributed by atoms with Crippen molar-refractivity contribution in [1.82, 2.24) is 10.2 Å². The third-order valence-corrected chi connectivity index (χ3v) is 2.91. The summed E-state index contributed by atoms with van der Waals surface area (Å²) < 4.78 is 10.8. The molecular formula is C16H9N5O2. The van der Waals surface area contributed by atoms with Gasteiger partial charge in [0.1, 0.15) is 17.7 Å². The van der Waals surface area contributed by atoms with Gasteiger partial charge in [0, 0.05) is 17.5 Å². The zero-order chi connectivity index (χ0) is 16.1. The number of anilines is 1. The number of nitrogens with zero attached hydrogens (tertiary/aromatic N) is 4. The fraction of sp³-hybridized carbons (Fsp3) is 0. The molecule has 7 heteroatoms. The Morgan fingerprint density at radius 2 is 1.78 bits per heavy atom. The van der Waals surface area contributed by atoms with Crippen LogP contribution < -0.4 is 5.32 Å². The summed E-state index contributed by atoms with van der Waals surface area (Å²) in [6.07, 6.45) is 2.88. The summed E-state index contributed by atoms with van der Waals surface area (Å²) in [5.74, 6) is 1.18. The van der Waals surface area contributed by atoms with Crippen molar-refractivity contribution in [2.45, 2.75) is 0 Å². The van der Waals surface area contributed by atoms with E-state index in [1.807, 2.05) is 0 Å². The predicted octanol–water partition coefficient (Wildman–Crippen LogP) is 3.34. The van der Waals surface area contributed by atoms with Crippen molar-refractivity contribution in [3.05, 3.63) is 54.4 Å². The lowest BCUT2D eigenvalue weighted by atomic mass is 10.2. The van der Waals surface area contributed by atoms with Gasteiger partial charge in [-0.25, -0.2) is 0 Å². The number of rotatable bonds is 4. The van der Waals surface area contributed by atoms with E-state index in [9.17, 15) is 0 Å². The summed E-state index contributed by atoms with van der Waals surface area (Å²) in [4.78, 5) is 0. The van der Waals surface area contributed by atoms with E-state index < -0.39 is 0 Å². The Morgan fingerprint density at radius 1 is 1.04 bits per heavy atom. The fourth-order valence-electron chi connectivity index (χ4n) is 1.79. The van der Waals surface area contributed by atoms with Gasteiger partial charge in [-0.1, -0.05) is 0 Å². The first-order valence-electron chi connectivity index (χ1n) is 6.55. The van der Waals surface area contributed by atoms with E-state index in [0.717, 1.165) is 11.3 Å². The van der Waals surface area contributed by atoms with E-state index in [1.54, 1.807) is 48.5 Å². The Balaban J connectivity index is 1.77. The van der Waals surface area contributed by atoms with E-state index in [4.69, 9.17) is 19.4 Å². The van der Waals surface area contributed by atoms with Gasteiger partial charge < -0.3 is 14.2 Å². The van der Waals surface area contributed by atoms with Crippen molar-refractivity contribution in [3.63, 3.8) is 0 Å². The minimum atomic E-state index is -0.00549. The molecule has 0 spiro atoms. The van der Waals surface area contributed by atoms with Crippen LogP contribution in [-0.4, -0.2) is 10.2 Å². The van der Waals surface area contributed by atoms with Crippen LogP contribution in [-0.2, 0) is 0 Å². The molecule has 110 valence electrons. The van der Waals surface area contributed by atoms with Crippen molar-refractivity contribution in [2.75, 3.05) is 5.32 Å². The summed E-state index contributed by atoms with van der Waals surface area (Å²) in [6.45, 7) is 0. The van der Waals surface area contributed by atoms with Crippen LogP contribution >= 0.6 is 0 Å². The van der Waals surface area contributed by atoms with Crippen LogP contribution in [0.5, 0.6) is 0 Å². The molecule has 3 rings (SSSR count). The number of hydrogen-bond donors (Lipinski definition) is 1. The maximum Gasteiger partial charge on any atom is 0.283 e. The number of benzene rings is 1. The van der Waals surface area contributed by atoms with E-state index >= 15 is 0 Å². The van der Waals surface area contributed by atoms with Crippen LogP contribution in [0.15, 0.2) is 63.3 Å². The lowest BCUT2D eigenvalue weighted by Crippen LogP contribution is -1.89. The average Bonchev–Trinajstić information content (AvgIpc) is 3.28. The topological polar surface area (TPSA) is 112 Å². The minimum Gasteiger partial charge on any atom is -0.459 e. The van der Waals surface area contributed by atoms with Crippen LogP contribution in [0.3, 0.4) is 0 Å². The van der Waals surface area contributed by atoms with Gasteiger partial charge in [-0.05, 0) is 36.4 Å². The highest BCUT2D eigenvalue weighted by atomic mass is 16.4. The predicted molar refractivity (Wildman–Crippen MR) is 80.4 cm³/mol. The number of hydrogen-bond acceptors (Lipinski definition) is 7. The number of nitrogens with one attached hydrogen (secondary N) is 1. The molecule has 2 aromatic heterocycles. The summed E-state index contributed by atoms with van der Waals surface area (Å²) in [5.41, 5.74) is 1.46. The van der Waals surface area contributed by atoms with Crippen molar-refractivity contribution >= 4 is 5.69 Å². The maximum atomic E-state index is 8.66. The fourth-order valence-corrected chi connectivity index (χ4v) is 1.79. The van der Waals surface area contributed by atoms with E-state index in [0.29, 0.717) is 17.5 Å². The van der Waals surface area contributed by atoms with Crippen molar-refractivity contribution in [3.8, 4) is 35.2 Å². The normalized spacial score (nSPS) is 9.65. The quantitative estimate of drug-likeness (QED) is 0.735. The first-order chi connectivity index (χ1) is 11.3. The van der Waals surface area contributed by atoms with Crippen LogP contribution in [0.25, 0.3) is 23.1 Å². The molecule has 2 heterocycles. The highest BCUT2D eigenvalue weighted by Crippen LogP contribution is 2.25. The summed E-state index contributed by atoms with van der Waals surface area (Å²) >= 11 is 0. The molecule has 0 unspecified atom stereocenters. The Kier molecular flexibility index (Phi) is 3.86. The molecule has 0 amide bonds. The largest absolute Gasteiger partial charge is 0.459 e. The van der Waals surface area contributed by atoms with Gasteiger partial charge in [0.2, 0.25) is 5.89 Å². The molecule has 0 saturated carbocycles. The molecule has 23 heavy (non-hydrogen) atoms. The number of allylic oxidation sites excluding steroid dienone is 1. The molecule has 1 aromatic carbocycles. The second kappa shape index (κ2) is 6.29. The van der Waals surface area contributed by atoms with Gasteiger partial charge in [0.25, 0.3) is 5.89 Å².